The van der Waals surface area contributed by atoms with Crippen LogP contribution < -0.4 is 10.6 Å². The molecule has 0 fully saturated rings. The van der Waals surface area contributed by atoms with Gasteiger partial charge in [0.25, 0.3) is 0 Å². The number of hydrogen-bond acceptors (Lipinski definition) is 2. The van der Waals surface area contributed by atoms with Crippen LogP contribution in [0.2, 0.25) is 0 Å². The average Bonchev–Trinajstić information content (AvgIpc) is 2.59. The van der Waals surface area contributed by atoms with Crippen LogP contribution in [0.4, 0.5) is 0 Å². The Hall–Kier alpha value is -0.790. The summed E-state index contributed by atoms with van der Waals surface area (Å²) in [5.41, 5.74) is 3.50. The van der Waals surface area contributed by atoms with Crippen molar-refractivity contribution in [2.75, 3.05) is 7.05 Å². The summed E-state index contributed by atoms with van der Waals surface area (Å²) >= 11 is 0. The first-order chi connectivity index (χ1) is 8.49. The summed E-state index contributed by atoms with van der Waals surface area (Å²) in [4.78, 5) is 4.22. The molecule has 0 aliphatic carbocycles. The van der Waals surface area contributed by atoms with Crippen LogP contribution in [0.5, 0.6) is 0 Å². The van der Waals surface area contributed by atoms with Gasteiger partial charge in [0.15, 0.2) is 5.96 Å². The first-order valence-corrected chi connectivity index (χ1v) is 6.45. The second-order valence-electron chi connectivity index (χ2n) is 4.65. The molecular weight excluding hydrogens is 353 g/mol. The highest BCUT2D eigenvalue weighted by molar-refractivity contribution is 14.0. The Kier molecular flexibility index (Phi) is 8.05. The van der Waals surface area contributed by atoms with Crippen molar-refractivity contribution in [3.8, 4) is 0 Å². The Bertz CT molecular complexity index is 425. The van der Waals surface area contributed by atoms with Crippen molar-refractivity contribution < 1.29 is 0 Å². The maximum absolute atomic E-state index is 4.41. The van der Waals surface area contributed by atoms with Gasteiger partial charge >= 0.3 is 0 Å². The molecule has 110 valence electrons. The molecule has 0 aliphatic heterocycles. The van der Waals surface area contributed by atoms with E-state index in [1.54, 1.807) is 7.05 Å². The first kappa shape index (κ1) is 18.2. The highest BCUT2D eigenvalue weighted by atomic mass is 127. The molecule has 1 unspecified atom stereocenters. The Morgan fingerprint density at radius 3 is 2.47 bits per heavy atom. The lowest BCUT2D eigenvalue weighted by Crippen LogP contribution is -2.41. The van der Waals surface area contributed by atoms with E-state index in [0.717, 1.165) is 24.6 Å². The van der Waals surface area contributed by atoms with Gasteiger partial charge in [-0.3, -0.25) is 9.67 Å². The van der Waals surface area contributed by atoms with Crippen molar-refractivity contribution in [3.05, 3.63) is 17.0 Å². The largest absolute Gasteiger partial charge is 0.354 e. The zero-order valence-electron chi connectivity index (χ0n) is 12.7. The van der Waals surface area contributed by atoms with Crippen LogP contribution in [0.3, 0.4) is 0 Å². The number of nitrogens with one attached hydrogen (secondary N) is 2. The fourth-order valence-corrected chi connectivity index (χ4v) is 1.78. The van der Waals surface area contributed by atoms with Crippen molar-refractivity contribution >= 4 is 29.9 Å². The third kappa shape index (κ3) is 5.00. The number of nitrogens with zero attached hydrogens (tertiary/aromatic N) is 3. The van der Waals surface area contributed by atoms with E-state index in [4.69, 9.17) is 0 Å². The smallest absolute Gasteiger partial charge is 0.191 e. The molecular formula is C13H26IN5. The minimum atomic E-state index is 0. The lowest BCUT2D eigenvalue weighted by molar-refractivity contribution is 0.623. The molecule has 1 heterocycles. The topological polar surface area (TPSA) is 54.2 Å². The lowest BCUT2D eigenvalue weighted by atomic mass is 10.2. The number of aromatic nitrogens is 2. The molecule has 0 saturated heterocycles. The fraction of sp³-hybridized carbons (Fsp3) is 0.692. The average molecular weight is 379 g/mol. The molecule has 1 rings (SSSR count). The summed E-state index contributed by atoms with van der Waals surface area (Å²) in [6.07, 6.45) is 1.08. The van der Waals surface area contributed by atoms with Crippen molar-refractivity contribution in [3.63, 3.8) is 0 Å². The van der Waals surface area contributed by atoms with Gasteiger partial charge in [0.05, 0.1) is 5.69 Å². The molecule has 6 heteroatoms. The monoisotopic (exact) mass is 379 g/mol. The second kappa shape index (κ2) is 8.39. The summed E-state index contributed by atoms with van der Waals surface area (Å²) in [5, 5.41) is 11.1. The van der Waals surface area contributed by atoms with Gasteiger partial charge in [0.1, 0.15) is 0 Å². The number of rotatable bonds is 4. The predicted molar refractivity (Wildman–Crippen MR) is 91.2 cm³/mol. The Morgan fingerprint density at radius 1 is 1.42 bits per heavy atom. The number of aryl methyl sites for hydroxylation is 2. The van der Waals surface area contributed by atoms with Gasteiger partial charge < -0.3 is 10.6 Å². The van der Waals surface area contributed by atoms with Crippen molar-refractivity contribution in [1.29, 1.82) is 0 Å². The molecule has 19 heavy (non-hydrogen) atoms. The number of hydrogen-bond donors (Lipinski definition) is 2. The minimum absolute atomic E-state index is 0. The van der Waals surface area contributed by atoms with Gasteiger partial charge in [-0.1, -0.05) is 6.92 Å². The molecule has 0 aromatic carbocycles. The minimum Gasteiger partial charge on any atom is -0.354 e. The summed E-state index contributed by atoms with van der Waals surface area (Å²) in [6, 6.07) is 0.423. The summed E-state index contributed by atoms with van der Waals surface area (Å²) in [6.45, 7) is 9.17. The molecule has 0 spiro atoms. The van der Waals surface area contributed by atoms with Crippen LogP contribution in [0.25, 0.3) is 0 Å². The number of halogens is 1. The van der Waals surface area contributed by atoms with Crippen LogP contribution in [-0.2, 0) is 13.6 Å². The predicted octanol–water partition coefficient (Wildman–Crippen LogP) is 2.12. The number of guanidine groups is 1. The van der Waals surface area contributed by atoms with E-state index in [9.17, 15) is 0 Å². The van der Waals surface area contributed by atoms with Gasteiger partial charge in [-0.2, -0.15) is 5.10 Å². The third-order valence-electron chi connectivity index (χ3n) is 3.31. The Morgan fingerprint density at radius 2 is 2.05 bits per heavy atom. The molecule has 0 amide bonds. The Balaban J connectivity index is 0.00000324. The van der Waals surface area contributed by atoms with Crippen LogP contribution in [-0.4, -0.2) is 28.8 Å². The van der Waals surface area contributed by atoms with Crippen LogP contribution in [0.15, 0.2) is 4.99 Å². The summed E-state index contributed by atoms with van der Waals surface area (Å²) in [7, 11) is 3.76. The SMILES string of the molecule is CCC(C)NC(=NC)NCc1c(C)nn(C)c1C.I. The summed E-state index contributed by atoms with van der Waals surface area (Å²) in [5.74, 6) is 0.840. The quantitative estimate of drug-likeness (QED) is 0.479. The molecule has 5 nitrogen and oxygen atoms in total. The van der Waals surface area contributed by atoms with E-state index in [0.29, 0.717) is 6.04 Å². The zero-order chi connectivity index (χ0) is 13.7. The van der Waals surface area contributed by atoms with Gasteiger partial charge in [-0.05, 0) is 27.2 Å². The van der Waals surface area contributed by atoms with Crippen molar-refractivity contribution in [1.82, 2.24) is 20.4 Å². The van der Waals surface area contributed by atoms with E-state index in [1.807, 2.05) is 18.7 Å². The van der Waals surface area contributed by atoms with E-state index in [1.165, 1.54) is 11.3 Å². The molecule has 0 saturated carbocycles. The van der Waals surface area contributed by atoms with Gasteiger partial charge in [0, 0.05) is 37.9 Å². The van der Waals surface area contributed by atoms with E-state index < -0.39 is 0 Å². The zero-order valence-corrected chi connectivity index (χ0v) is 15.1. The molecule has 1 aromatic heterocycles. The highest BCUT2D eigenvalue weighted by Crippen LogP contribution is 2.10. The molecule has 0 bridgehead atoms. The first-order valence-electron chi connectivity index (χ1n) is 6.45. The normalized spacial score (nSPS) is 12.8. The molecule has 1 aromatic rings. The molecule has 0 aliphatic rings. The standard InChI is InChI=1S/C13H25N5.HI/c1-7-9(2)16-13(14-5)15-8-12-10(3)17-18(6)11(12)4;/h9H,7-8H2,1-6H3,(H2,14,15,16);1H. The van der Waals surface area contributed by atoms with E-state index >= 15 is 0 Å². The van der Waals surface area contributed by atoms with Crippen LogP contribution in [0.1, 0.15) is 37.2 Å². The fourth-order valence-electron chi connectivity index (χ4n) is 1.78. The van der Waals surface area contributed by atoms with Crippen molar-refractivity contribution in [2.24, 2.45) is 12.0 Å². The van der Waals surface area contributed by atoms with Crippen LogP contribution in [0, 0.1) is 13.8 Å². The lowest BCUT2D eigenvalue weighted by Gasteiger charge is -2.16. The van der Waals surface area contributed by atoms with Gasteiger partial charge in [0.2, 0.25) is 0 Å². The maximum atomic E-state index is 4.41. The maximum Gasteiger partial charge on any atom is 0.191 e. The molecule has 1 atom stereocenters. The van der Waals surface area contributed by atoms with E-state index in [-0.39, 0.29) is 24.0 Å². The third-order valence-corrected chi connectivity index (χ3v) is 3.31. The summed E-state index contributed by atoms with van der Waals surface area (Å²) < 4.78 is 1.91. The van der Waals surface area contributed by atoms with Crippen LogP contribution >= 0.6 is 24.0 Å². The molecule has 0 radical (unpaired) electrons. The highest BCUT2D eigenvalue weighted by Gasteiger charge is 2.10. The number of aliphatic imine (C=N–C) groups is 1. The second-order valence-corrected chi connectivity index (χ2v) is 4.65. The van der Waals surface area contributed by atoms with E-state index in [2.05, 4.69) is 41.5 Å². The van der Waals surface area contributed by atoms with Gasteiger partial charge in [-0.25, -0.2) is 0 Å². The molecule has 2 N–H and O–H groups in total. The Labute approximate surface area is 133 Å². The van der Waals surface area contributed by atoms with Crippen molar-refractivity contribution in [2.45, 2.75) is 46.7 Å². The van der Waals surface area contributed by atoms with Gasteiger partial charge in [-0.15, -0.1) is 24.0 Å².